The van der Waals surface area contributed by atoms with E-state index < -0.39 is 0 Å². The van der Waals surface area contributed by atoms with Gasteiger partial charge in [0.1, 0.15) is 11.4 Å². The van der Waals surface area contributed by atoms with Crippen molar-refractivity contribution in [3.05, 3.63) is 89.2 Å². The molecule has 0 aliphatic heterocycles. The lowest BCUT2D eigenvalue weighted by molar-refractivity contribution is 0.304. The van der Waals surface area contributed by atoms with Gasteiger partial charge in [0.2, 0.25) is 11.8 Å². The average molecular weight is 543 g/mol. The molecule has 0 aliphatic rings. The van der Waals surface area contributed by atoms with Crippen LogP contribution in [0.15, 0.2) is 88.1 Å². The van der Waals surface area contributed by atoms with Crippen molar-refractivity contribution in [3.8, 4) is 28.7 Å². The van der Waals surface area contributed by atoms with Crippen molar-refractivity contribution >= 4 is 38.2 Å². The van der Waals surface area contributed by atoms with Gasteiger partial charge < -0.3 is 9.15 Å². The summed E-state index contributed by atoms with van der Waals surface area (Å²) >= 11 is 0. The van der Waals surface area contributed by atoms with Crippen LogP contribution < -0.4 is 10.3 Å². The molecule has 0 atom stereocenters. The van der Waals surface area contributed by atoms with Crippen LogP contribution in [-0.2, 0) is 0 Å². The van der Waals surface area contributed by atoms with Crippen LogP contribution in [0.4, 0.5) is 0 Å². The molecule has 7 rings (SSSR count). The number of pyridine rings is 1. The number of aromatic nitrogens is 4. The Balaban J connectivity index is 1.18. The molecule has 3 heterocycles. The number of para-hydroxylation sites is 2. The fourth-order valence-electron chi connectivity index (χ4n) is 5.71. The lowest BCUT2D eigenvalue weighted by atomic mass is 9.98. The first kappa shape index (κ1) is 25.2. The monoisotopic (exact) mass is 542 g/mol. The van der Waals surface area contributed by atoms with Gasteiger partial charge in [-0.2, -0.15) is 0 Å². The molecular weight excluding hydrogens is 512 g/mol. The first-order valence-corrected chi connectivity index (χ1v) is 14.4. The molecule has 0 unspecified atom stereocenters. The second-order valence-corrected chi connectivity index (χ2v) is 10.5. The van der Waals surface area contributed by atoms with Gasteiger partial charge in [-0.05, 0) is 66.4 Å². The van der Waals surface area contributed by atoms with Crippen LogP contribution >= 0.6 is 0 Å². The second-order valence-electron chi connectivity index (χ2n) is 10.5. The molecule has 0 bridgehead atoms. The van der Waals surface area contributed by atoms with Crippen molar-refractivity contribution in [1.29, 1.82) is 0 Å². The van der Waals surface area contributed by atoms with E-state index in [-0.39, 0.29) is 5.56 Å². The van der Waals surface area contributed by atoms with Crippen LogP contribution in [0.3, 0.4) is 0 Å². The summed E-state index contributed by atoms with van der Waals surface area (Å²) in [5.74, 6) is 1.67. The summed E-state index contributed by atoms with van der Waals surface area (Å²) in [7, 11) is 0. The van der Waals surface area contributed by atoms with Gasteiger partial charge in [-0.25, -0.2) is 4.98 Å². The maximum absolute atomic E-state index is 13.6. The van der Waals surface area contributed by atoms with Gasteiger partial charge in [-0.1, -0.05) is 63.3 Å². The molecule has 7 aromatic rings. The molecule has 0 saturated carbocycles. The van der Waals surface area contributed by atoms with Crippen molar-refractivity contribution in [2.75, 3.05) is 6.61 Å². The molecule has 4 aromatic carbocycles. The zero-order chi connectivity index (χ0) is 27.8. The molecule has 7 nitrogen and oxygen atoms in total. The molecular formula is C34H30N4O3. The van der Waals surface area contributed by atoms with Gasteiger partial charge in [0.05, 0.1) is 17.6 Å². The normalized spacial score (nSPS) is 11.8. The van der Waals surface area contributed by atoms with Gasteiger partial charge >= 0.3 is 0 Å². The van der Waals surface area contributed by atoms with Crippen molar-refractivity contribution in [3.63, 3.8) is 0 Å². The van der Waals surface area contributed by atoms with E-state index in [9.17, 15) is 4.79 Å². The summed E-state index contributed by atoms with van der Waals surface area (Å²) < 4.78 is 13.8. The molecule has 41 heavy (non-hydrogen) atoms. The number of unbranched alkanes of at least 4 members (excludes halogenated alkanes) is 5. The Kier molecular flexibility index (Phi) is 6.55. The molecule has 0 fully saturated rings. The van der Waals surface area contributed by atoms with Gasteiger partial charge in [0, 0.05) is 27.3 Å². The molecule has 3 aromatic heterocycles. The molecule has 0 spiro atoms. The van der Waals surface area contributed by atoms with E-state index in [0.717, 1.165) is 57.1 Å². The standard InChI is InChI=1S/C34H30N4O3/c1-2-3-4-5-6-9-21-40-23-17-15-22(16-18-23)32-36-37-33(41-32)25-19-20-26-30-24(25)11-10-12-27(30)34(39)38-29-14-8-7-13-28(29)35-31(26)38/h7-8,10-20H,2-6,9,21H2,1H3. The zero-order valence-corrected chi connectivity index (χ0v) is 23.0. The minimum Gasteiger partial charge on any atom is -0.494 e. The number of benzene rings is 4. The summed E-state index contributed by atoms with van der Waals surface area (Å²) in [6, 6.07) is 25.2. The van der Waals surface area contributed by atoms with E-state index in [1.54, 1.807) is 4.40 Å². The van der Waals surface area contributed by atoms with E-state index >= 15 is 0 Å². The largest absolute Gasteiger partial charge is 0.494 e. The van der Waals surface area contributed by atoms with E-state index in [1.807, 2.05) is 78.9 Å². The highest BCUT2D eigenvalue weighted by atomic mass is 16.5. The van der Waals surface area contributed by atoms with Gasteiger partial charge in [0.15, 0.2) is 0 Å². The Bertz CT molecular complexity index is 2040. The number of ether oxygens (including phenoxy) is 1. The fourth-order valence-corrected chi connectivity index (χ4v) is 5.71. The number of fused-ring (bicyclic) bond motifs is 4. The summed E-state index contributed by atoms with van der Waals surface area (Å²) in [6.07, 6.45) is 7.42. The predicted octanol–water partition coefficient (Wildman–Crippen LogP) is 8.05. The smallest absolute Gasteiger partial charge is 0.264 e. The summed E-state index contributed by atoms with van der Waals surface area (Å²) in [5.41, 5.74) is 3.76. The third-order valence-electron chi connectivity index (χ3n) is 7.80. The third-order valence-corrected chi connectivity index (χ3v) is 7.80. The van der Waals surface area contributed by atoms with Crippen molar-refractivity contribution in [1.82, 2.24) is 19.6 Å². The average Bonchev–Trinajstić information content (AvgIpc) is 3.65. The van der Waals surface area contributed by atoms with Crippen LogP contribution in [0.25, 0.3) is 61.1 Å². The SMILES string of the molecule is CCCCCCCCOc1ccc(-c2nnc(-c3ccc4c5c3cccc5c(=O)n3c5ccccc5nc43)o2)cc1. The highest BCUT2D eigenvalue weighted by Gasteiger charge is 2.20. The first-order valence-electron chi connectivity index (χ1n) is 14.4. The lowest BCUT2D eigenvalue weighted by Gasteiger charge is -2.09. The maximum atomic E-state index is 13.6. The van der Waals surface area contributed by atoms with E-state index in [1.165, 1.54) is 32.1 Å². The molecule has 0 amide bonds. The van der Waals surface area contributed by atoms with Crippen molar-refractivity contribution < 1.29 is 9.15 Å². The molecule has 0 N–H and O–H groups in total. The minimum absolute atomic E-state index is 0.0889. The minimum atomic E-state index is -0.0889. The van der Waals surface area contributed by atoms with E-state index in [2.05, 4.69) is 17.1 Å². The molecule has 0 aliphatic carbocycles. The van der Waals surface area contributed by atoms with Crippen molar-refractivity contribution in [2.24, 2.45) is 0 Å². The maximum Gasteiger partial charge on any atom is 0.264 e. The number of rotatable bonds is 10. The Labute approximate surface area is 236 Å². The Hall–Kier alpha value is -4.78. The first-order chi connectivity index (χ1) is 20.2. The topological polar surface area (TPSA) is 82.5 Å². The van der Waals surface area contributed by atoms with Crippen molar-refractivity contribution in [2.45, 2.75) is 45.4 Å². The van der Waals surface area contributed by atoms with Gasteiger partial charge in [0.25, 0.3) is 5.56 Å². The number of hydrogen-bond donors (Lipinski definition) is 0. The molecule has 204 valence electrons. The van der Waals surface area contributed by atoms with E-state index in [4.69, 9.17) is 14.1 Å². The van der Waals surface area contributed by atoms with Crippen LogP contribution in [-0.4, -0.2) is 26.2 Å². The van der Waals surface area contributed by atoms with Crippen LogP contribution in [0.1, 0.15) is 45.4 Å². The molecule has 0 radical (unpaired) electrons. The van der Waals surface area contributed by atoms with Crippen LogP contribution in [0.2, 0.25) is 0 Å². The molecule has 7 heteroatoms. The number of nitrogens with zero attached hydrogens (tertiary/aromatic N) is 4. The number of hydrogen-bond acceptors (Lipinski definition) is 6. The lowest BCUT2D eigenvalue weighted by Crippen LogP contribution is -2.13. The summed E-state index contributed by atoms with van der Waals surface area (Å²) in [5, 5.41) is 12.0. The Morgan fingerprint density at radius 3 is 2.41 bits per heavy atom. The number of imidazole rings is 1. The second kappa shape index (κ2) is 10.7. The van der Waals surface area contributed by atoms with Crippen LogP contribution in [0, 0.1) is 0 Å². The van der Waals surface area contributed by atoms with Gasteiger partial charge in [-0.3, -0.25) is 9.20 Å². The highest BCUT2D eigenvalue weighted by molar-refractivity contribution is 6.18. The summed E-state index contributed by atoms with van der Waals surface area (Å²) in [6.45, 7) is 2.96. The van der Waals surface area contributed by atoms with E-state index in [0.29, 0.717) is 22.8 Å². The third kappa shape index (κ3) is 4.47. The zero-order valence-electron chi connectivity index (χ0n) is 23.0. The molecule has 0 saturated heterocycles. The van der Waals surface area contributed by atoms with Gasteiger partial charge in [-0.15, -0.1) is 10.2 Å². The fraction of sp³-hybridized carbons (Fsp3) is 0.235. The Morgan fingerprint density at radius 2 is 1.54 bits per heavy atom. The highest BCUT2D eigenvalue weighted by Crippen LogP contribution is 2.36. The predicted molar refractivity (Wildman–Crippen MR) is 163 cm³/mol. The van der Waals surface area contributed by atoms with Crippen LogP contribution in [0.5, 0.6) is 5.75 Å². The summed E-state index contributed by atoms with van der Waals surface area (Å²) in [4.78, 5) is 18.4. The Morgan fingerprint density at radius 1 is 0.756 bits per heavy atom. The quantitative estimate of drug-likeness (QED) is 0.163.